The van der Waals surface area contributed by atoms with Crippen molar-refractivity contribution in [3.8, 4) is 16.9 Å². The molecule has 1 fully saturated rings. The van der Waals surface area contributed by atoms with Crippen molar-refractivity contribution >= 4 is 17.4 Å². The van der Waals surface area contributed by atoms with Gasteiger partial charge in [-0.15, -0.1) is 0 Å². The number of ether oxygens (including phenoxy) is 1. The summed E-state index contributed by atoms with van der Waals surface area (Å²) in [6, 6.07) is 12.2. The largest absolute Gasteiger partial charge is 0.481 e. The van der Waals surface area contributed by atoms with Crippen LogP contribution < -0.4 is 4.90 Å². The molecule has 3 aliphatic rings. The van der Waals surface area contributed by atoms with E-state index in [-0.39, 0.29) is 12.0 Å². The summed E-state index contributed by atoms with van der Waals surface area (Å²) >= 11 is 0. The Morgan fingerprint density at radius 1 is 1.13 bits per heavy atom. The lowest BCUT2D eigenvalue weighted by atomic mass is 9.93. The molecule has 9 nitrogen and oxygen atoms in total. The summed E-state index contributed by atoms with van der Waals surface area (Å²) in [7, 11) is 0. The number of carboxylic acids is 1. The maximum absolute atomic E-state index is 11.8. The monoisotopic (exact) mass is 512 g/mol. The molecule has 0 atom stereocenters. The summed E-state index contributed by atoms with van der Waals surface area (Å²) < 4.78 is 10.0. The number of rotatable bonds is 2. The first-order valence-electron chi connectivity index (χ1n) is 13.2. The van der Waals surface area contributed by atoms with Crippen LogP contribution in [-0.2, 0) is 22.4 Å². The molecule has 0 aliphatic carbocycles. The van der Waals surface area contributed by atoms with Crippen LogP contribution in [0.2, 0.25) is 0 Å². The summed E-state index contributed by atoms with van der Waals surface area (Å²) in [5.74, 6) is -0.0713. The van der Waals surface area contributed by atoms with Crippen LogP contribution in [0.25, 0.3) is 22.6 Å². The third kappa shape index (κ3) is 4.69. The molecule has 1 saturated heterocycles. The van der Waals surface area contributed by atoms with Gasteiger partial charge in [-0.1, -0.05) is 24.3 Å². The number of nitrogens with zero attached hydrogens (tertiary/aromatic N) is 6. The van der Waals surface area contributed by atoms with Gasteiger partial charge in [0.05, 0.1) is 35.7 Å². The molecule has 0 spiro atoms. The van der Waals surface area contributed by atoms with E-state index in [4.69, 9.17) is 19.9 Å². The molecule has 1 N–H and O–H groups in total. The van der Waals surface area contributed by atoms with E-state index in [1.165, 1.54) is 0 Å². The number of aryl methyl sites for hydroxylation is 2. The highest BCUT2D eigenvalue weighted by molar-refractivity contribution is 5.75. The molecule has 7 rings (SSSR count). The minimum Gasteiger partial charge on any atom is -0.481 e. The Hall–Kier alpha value is -3.98. The summed E-state index contributed by atoms with van der Waals surface area (Å²) in [6.07, 6.45) is 9.60. The van der Waals surface area contributed by atoms with E-state index >= 15 is 0 Å². The van der Waals surface area contributed by atoms with Crippen molar-refractivity contribution < 1.29 is 14.6 Å². The van der Waals surface area contributed by atoms with E-state index in [9.17, 15) is 9.90 Å². The van der Waals surface area contributed by atoms with Gasteiger partial charge >= 0.3 is 5.97 Å². The number of carboxylic acid groups (broad SMARTS) is 1. The Kier molecular flexibility index (Phi) is 6.23. The average molecular weight is 513 g/mol. The second-order valence-electron chi connectivity index (χ2n) is 10.4. The van der Waals surface area contributed by atoms with E-state index in [1.54, 1.807) is 0 Å². The minimum atomic E-state index is -0.882. The summed E-state index contributed by atoms with van der Waals surface area (Å²) in [5, 5.41) is 19.4. The number of hydrogen-bond acceptors (Lipinski definition) is 6. The number of hydrogen-bond donors (Lipinski definition) is 1. The highest BCUT2D eigenvalue weighted by Crippen LogP contribution is 2.33. The fourth-order valence-corrected chi connectivity index (χ4v) is 5.41. The molecule has 0 amide bonds. The standard InChI is InChI=1S/C29H32N6O3/c1-20-24(18-27(36)37)28-33-14-11-29(2,12-15-33)38-16-5-3-4-8-22-10-13-34(31-22)23-9-6-7-21(17-23)25-19-26(30-20)35(28)32-25/h3,5-7,9-10,13,17,19H,4,8,11-12,14-16,18H2,1-2H3,(H,36,37)/b5-3+. The average Bonchev–Trinajstić information content (AvgIpc) is 3.54. The molecule has 0 radical (unpaired) electrons. The molecule has 3 aliphatic heterocycles. The van der Waals surface area contributed by atoms with Gasteiger partial charge in [-0.3, -0.25) is 4.79 Å². The van der Waals surface area contributed by atoms with Crippen LogP contribution in [-0.4, -0.2) is 60.8 Å². The Morgan fingerprint density at radius 2 is 1.97 bits per heavy atom. The molecule has 4 aromatic rings. The Morgan fingerprint density at radius 3 is 2.79 bits per heavy atom. The van der Waals surface area contributed by atoms with Crippen molar-refractivity contribution in [3.63, 3.8) is 0 Å². The lowest BCUT2D eigenvalue weighted by molar-refractivity contribution is -0.136. The van der Waals surface area contributed by atoms with Crippen LogP contribution in [0, 0.1) is 6.92 Å². The fourth-order valence-electron chi connectivity index (χ4n) is 5.41. The smallest absolute Gasteiger partial charge is 0.308 e. The lowest BCUT2D eigenvalue weighted by Crippen LogP contribution is -2.45. The van der Waals surface area contributed by atoms with Crippen LogP contribution in [0.1, 0.15) is 43.1 Å². The Labute approximate surface area is 221 Å². The SMILES string of the molecule is Cc1nc2cc3nn2c(c1CC(=O)O)N1CCC(C)(CC1)OC/C=C/CCc1ccn(n1)-c1cccc-3c1. The highest BCUT2D eigenvalue weighted by atomic mass is 16.5. The first kappa shape index (κ1) is 24.4. The number of anilines is 1. The molecule has 196 valence electrons. The van der Waals surface area contributed by atoms with Crippen molar-refractivity contribution in [3.05, 3.63) is 71.7 Å². The van der Waals surface area contributed by atoms with Gasteiger partial charge < -0.3 is 14.7 Å². The van der Waals surface area contributed by atoms with E-state index < -0.39 is 5.97 Å². The number of benzene rings is 1. The van der Waals surface area contributed by atoms with Gasteiger partial charge in [-0.05, 0) is 57.7 Å². The molecule has 3 aromatic heterocycles. The molecule has 0 unspecified atom stereocenters. The van der Waals surface area contributed by atoms with E-state index in [1.807, 2.05) is 46.6 Å². The van der Waals surface area contributed by atoms with Gasteiger partial charge in [0.15, 0.2) is 5.65 Å². The van der Waals surface area contributed by atoms with Gasteiger partial charge in [0, 0.05) is 42.2 Å². The lowest BCUT2D eigenvalue weighted by Gasteiger charge is -2.40. The predicted octanol–water partition coefficient (Wildman–Crippen LogP) is 4.40. The van der Waals surface area contributed by atoms with Gasteiger partial charge in [0.1, 0.15) is 5.82 Å². The molecule has 6 heterocycles. The topological polar surface area (TPSA) is 97.8 Å². The number of fused-ring (bicyclic) bond motifs is 6. The zero-order valence-electron chi connectivity index (χ0n) is 21.8. The predicted molar refractivity (Wildman–Crippen MR) is 145 cm³/mol. The second kappa shape index (κ2) is 9.72. The van der Waals surface area contributed by atoms with Gasteiger partial charge in [-0.2, -0.15) is 14.7 Å². The third-order valence-electron chi connectivity index (χ3n) is 7.64. The normalized spacial score (nSPS) is 18.1. The molecule has 8 bridgehead atoms. The molecule has 9 heteroatoms. The van der Waals surface area contributed by atoms with Crippen molar-refractivity contribution in [2.24, 2.45) is 0 Å². The number of aromatic nitrogens is 5. The second-order valence-corrected chi connectivity index (χ2v) is 10.4. The maximum atomic E-state index is 11.8. The number of piperidine rings is 1. The van der Waals surface area contributed by atoms with Crippen LogP contribution in [0.15, 0.2) is 54.7 Å². The van der Waals surface area contributed by atoms with Crippen LogP contribution in [0.3, 0.4) is 0 Å². The van der Waals surface area contributed by atoms with Gasteiger partial charge in [0.2, 0.25) is 0 Å². The van der Waals surface area contributed by atoms with Crippen molar-refractivity contribution in [2.75, 3.05) is 24.6 Å². The van der Waals surface area contributed by atoms with Crippen molar-refractivity contribution in [1.29, 1.82) is 0 Å². The summed E-state index contributed by atoms with van der Waals surface area (Å²) in [5.41, 5.74) is 5.61. The maximum Gasteiger partial charge on any atom is 0.308 e. The van der Waals surface area contributed by atoms with Crippen LogP contribution >= 0.6 is 0 Å². The number of aliphatic carboxylic acids is 1. The van der Waals surface area contributed by atoms with Crippen molar-refractivity contribution in [1.82, 2.24) is 24.4 Å². The first-order chi connectivity index (χ1) is 18.4. The quantitative estimate of drug-likeness (QED) is 0.398. The molecule has 38 heavy (non-hydrogen) atoms. The van der Waals surface area contributed by atoms with E-state index in [2.05, 4.69) is 36.1 Å². The van der Waals surface area contributed by atoms with Gasteiger partial charge in [-0.25, -0.2) is 9.67 Å². The zero-order valence-corrected chi connectivity index (χ0v) is 21.8. The first-order valence-corrected chi connectivity index (χ1v) is 13.2. The summed E-state index contributed by atoms with van der Waals surface area (Å²) in [4.78, 5) is 18.8. The minimum absolute atomic E-state index is 0.106. The van der Waals surface area contributed by atoms with E-state index in [0.717, 1.165) is 67.2 Å². The van der Waals surface area contributed by atoms with Crippen molar-refractivity contribution in [2.45, 2.75) is 51.6 Å². The van der Waals surface area contributed by atoms with E-state index in [0.29, 0.717) is 23.5 Å². The highest BCUT2D eigenvalue weighted by Gasteiger charge is 2.33. The van der Waals surface area contributed by atoms with Gasteiger partial charge in [0.25, 0.3) is 0 Å². The molecular weight excluding hydrogens is 480 g/mol. The van der Waals surface area contributed by atoms with Crippen LogP contribution in [0.4, 0.5) is 5.82 Å². The summed E-state index contributed by atoms with van der Waals surface area (Å²) in [6.45, 7) is 6.12. The van der Waals surface area contributed by atoms with Crippen LogP contribution in [0.5, 0.6) is 0 Å². The zero-order chi connectivity index (χ0) is 26.3. The molecule has 0 saturated carbocycles. The number of carbonyl (C=O) groups is 1. The Bertz CT molecular complexity index is 1530. The third-order valence-corrected chi connectivity index (χ3v) is 7.64. The number of allylic oxidation sites excluding steroid dienone is 1. The molecular formula is C29H32N6O3. The molecule has 1 aromatic carbocycles. The fraction of sp³-hybridized carbons (Fsp3) is 0.379. The Balaban J connectivity index is 1.49.